The van der Waals surface area contributed by atoms with Crippen LogP contribution >= 0.6 is 15.9 Å². The van der Waals surface area contributed by atoms with E-state index < -0.39 is 5.60 Å². The van der Waals surface area contributed by atoms with Gasteiger partial charge in [0.25, 0.3) is 0 Å². The zero-order valence-corrected chi connectivity index (χ0v) is 11.5. The molecule has 0 aliphatic heterocycles. The summed E-state index contributed by atoms with van der Waals surface area (Å²) in [5.74, 6) is 0. The van der Waals surface area contributed by atoms with Crippen molar-refractivity contribution in [2.75, 3.05) is 0 Å². The third-order valence-electron chi connectivity index (χ3n) is 2.97. The van der Waals surface area contributed by atoms with Gasteiger partial charge in [-0.25, -0.2) is 0 Å². The topological polar surface area (TPSA) is 20.2 Å². The summed E-state index contributed by atoms with van der Waals surface area (Å²) >= 11 is 3.43. The van der Waals surface area contributed by atoms with Gasteiger partial charge in [0.1, 0.15) is 5.60 Å². The van der Waals surface area contributed by atoms with Crippen LogP contribution in [-0.4, -0.2) is 5.11 Å². The summed E-state index contributed by atoms with van der Waals surface area (Å²) in [4.78, 5) is 0. The Kier molecular flexibility index (Phi) is 3.36. The first kappa shape index (κ1) is 12.3. The standard InChI is InChI=1S/C15H15BrO/c1-11-5-3-6-12(9-11)15(2,17)13-7-4-8-14(16)10-13/h3-10,17H,1-2H3. The van der Waals surface area contributed by atoms with Crippen LogP contribution in [0.3, 0.4) is 0 Å². The number of aliphatic hydroxyl groups is 1. The highest BCUT2D eigenvalue weighted by Crippen LogP contribution is 2.30. The van der Waals surface area contributed by atoms with Gasteiger partial charge in [0.2, 0.25) is 0 Å². The Labute approximate surface area is 110 Å². The van der Waals surface area contributed by atoms with Crippen LogP contribution in [0, 0.1) is 6.92 Å². The van der Waals surface area contributed by atoms with Gasteiger partial charge in [-0.2, -0.15) is 0 Å². The summed E-state index contributed by atoms with van der Waals surface area (Å²) in [6.45, 7) is 3.85. The monoisotopic (exact) mass is 290 g/mol. The van der Waals surface area contributed by atoms with Gasteiger partial charge in [-0.3, -0.25) is 0 Å². The Hall–Kier alpha value is -1.12. The molecule has 0 aromatic heterocycles. The first-order valence-corrected chi connectivity index (χ1v) is 6.35. The number of hydrogen-bond donors (Lipinski definition) is 1. The highest BCUT2D eigenvalue weighted by molar-refractivity contribution is 9.10. The van der Waals surface area contributed by atoms with E-state index in [1.165, 1.54) is 0 Å². The lowest BCUT2D eigenvalue weighted by Crippen LogP contribution is -2.22. The molecule has 2 rings (SSSR count). The maximum Gasteiger partial charge on any atom is 0.112 e. The lowest BCUT2D eigenvalue weighted by Gasteiger charge is -2.25. The molecule has 0 aliphatic rings. The Morgan fingerprint density at radius 3 is 2.18 bits per heavy atom. The van der Waals surface area contributed by atoms with Crippen LogP contribution in [0.25, 0.3) is 0 Å². The zero-order valence-electron chi connectivity index (χ0n) is 9.94. The molecule has 0 bridgehead atoms. The first-order chi connectivity index (χ1) is 8.00. The van der Waals surface area contributed by atoms with E-state index in [0.717, 1.165) is 21.2 Å². The minimum absolute atomic E-state index is 0.887. The van der Waals surface area contributed by atoms with Gasteiger partial charge in [-0.05, 0) is 37.1 Å². The van der Waals surface area contributed by atoms with Crippen LogP contribution < -0.4 is 0 Å². The fraction of sp³-hybridized carbons (Fsp3) is 0.200. The fourth-order valence-electron chi connectivity index (χ4n) is 1.91. The normalized spacial score (nSPS) is 14.4. The van der Waals surface area contributed by atoms with Gasteiger partial charge in [-0.1, -0.05) is 57.9 Å². The van der Waals surface area contributed by atoms with E-state index in [2.05, 4.69) is 15.9 Å². The molecule has 0 saturated heterocycles. The first-order valence-electron chi connectivity index (χ1n) is 5.56. The Balaban J connectivity index is 2.49. The van der Waals surface area contributed by atoms with E-state index in [0.29, 0.717) is 0 Å². The molecule has 1 atom stereocenters. The second kappa shape index (κ2) is 4.63. The molecular formula is C15H15BrO. The second-order valence-corrected chi connectivity index (χ2v) is 5.37. The SMILES string of the molecule is Cc1cccc(C(C)(O)c2cccc(Br)c2)c1. The van der Waals surface area contributed by atoms with Gasteiger partial charge < -0.3 is 5.11 Å². The van der Waals surface area contributed by atoms with Gasteiger partial charge in [0.05, 0.1) is 0 Å². The predicted octanol–water partition coefficient (Wildman–Crippen LogP) is 4.01. The Morgan fingerprint density at radius 2 is 1.59 bits per heavy atom. The minimum Gasteiger partial charge on any atom is -0.381 e. The van der Waals surface area contributed by atoms with Gasteiger partial charge in [0.15, 0.2) is 0 Å². The molecule has 0 saturated carbocycles. The smallest absolute Gasteiger partial charge is 0.112 e. The van der Waals surface area contributed by atoms with Crippen molar-refractivity contribution >= 4 is 15.9 Å². The maximum atomic E-state index is 10.7. The fourth-order valence-corrected chi connectivity index (χ4v) is 2.31. The Bertz CT molecular complexity index is 484. The van der Waals surface area contributed by atoms with Crippen LogP contribution in [0.2, 0.25) is 0 Å². The summed E-state index contributed by atoms with van der Waals surface area (Å²) < 4.78 is 0.975. The molecule has 0 fully saturated rings. The molecule has 2 aromatic rings. The van der Waals surface area contributed by atoms with E-state index in [9.17, 15) is 5.11 Å². The number of rotatable bonds is 2. The molecule has 17 heavy (non-hydrogen) atoms. The average Bonchev–Trinajstić information content (AvgIpc) is 2.29. The van der Waals surface area contributed by atoms with Crippen LogP contribution in [0.4, 0.5) is 0 Å². The summed E-state index contributed by atoms with van der Waals surface area (Å²) in [5, 5.41) is 10.7. The molecule has 88 valence electrons. The lowest BCUT2D eigenvalue weighted by atomic mass is 9.87. The number of benzene rings is 2. The molecule has 1 nitrogen and oxygen atoms in total. The summed E-state index contributed by atoms with van der Waals surface area (Å²) in [5.41, 5.74) is 1.99. The van der Waals surface area contributed by atoms with Crippen molar-refractivity contribution < 1.29 is 5.11 Å². The van der Waals surface area contributed by atoms with E-state index in [4.69, 9.17) is 0 Å². The molecule has 2 aromatic carbocycles. The largest absolute Gasteiger partial charge is 0.381 e. The molecule has 0 radical (unpaired) electrons. The highest BCUT2D eigenvalue weighted by Gasteiger charge is 2.25. The highest BCUT2D eigenvalue weighted by atomic mass is 79.9. The van der Waals surface area contributed by atoms with Crippen LogP contribution in [-0.2, 0) is 5.60 Å². The van der Waals surface area contributed by atoms with Crippen molar-refractivity contribution in [1.82, 2.24) is 0 Å². The summed E-state index contributed by atoms with van der Waals surface area (Å²) in [7, 11) is 0. The quantitative estimate of drug-likeness (QED) is 0.886. The molecule has 1 N–H and O–H groups in total. The van der Waals surface area contributed by atoms with Crippen molar-refractivity contribution in [3.63, 3.8) is 0 Å². The molecule has 0 spiro atoms. The van der Waals surface area contributed by atoms with Crippen molar-refractivity contribution in [3.05, 3.63) is 69.7 Å². The minimum atomic E-state index is -0.963. The van der Waals surface area contributed by atoms with Crippen molar-refractivity contribution in [2.45, 2.75) is 19.4 Å². The molecule has 0 heterocycles. The average molecular weight is 291 g/mol. The molecule has 1 unspecified atom stereocenters. The van der Waals surface area contributed by atoms with E-state index in [-0.39, 0.29) is 0 Å². The summed E-state index contributed by atoms with van der Waals surface area (Å²) in [6, 6.07) is 15.7. The molecule has 0 aliphatic carbocycles. The van der Waals surface area contributed by atoms with Crippen LogP contribution in [0.1, 0.15) is 23.6 Å². The maximum absolute atomic E-state index is 10.7. The molecular weight excluding hydrogens is 276 g/mol. The zero-order chi connectivity index (χ0) is 12.5. The summed E-state index contributed by atoms with van der Waals surface area (Å²) in [6.07, 6.45) is 0. The van der Waals surface area contributed by atoms with Gasteiger partial charge >= 0.3 is 0 Å². The molecule has 0 amide bonds. The van der Waals surface area contributed by atoms with Crippen molar-refractivity contribution in [1.29, 1.82) is 0 Å². The van der Waals surface area contributed by atoms with Crippen LogP contribution in [0.15, 0.2) is 53.0 Å². The predicted molar refractivity (Wildman–Crippen MR) is 74.0 cm³/mol. The number of aryl methyl sites for hydroxylation is 1. The van der Waals surface area contributed by atoms with Gasteiger partial charge in [0, 0.05) is 4.47 Å². The third-order valence-corrected chi connectivity index (χ3v) is 3.46. The van der Waals surface area contributed by atoms with Crippen LogP contribution in [0.5, 0.6) is 0 Å². The van der Waals surface area contributed by atoms with Crippen molar-refractivity contribution in [3.8, 4) is 0 Å². The lowest BCUT2D eigenvalue weighted by molar-refractivity contribution is 0.102. The van der Waals surface area contributed by atoms with Crippen molar-refractivity contribution in [2.24, 2.45) is 0 Å². The second-order valence-electron chi connectivity index (χ2n) is 4.45. The van der Waals surface area contributed by atoms with E-state index in [1.54, 1.807) is 0 Å². The number of hydrogen-bond acceptors (Lipinski definition) is 1. The van der Waals surface area contributed by atoms with E-state index in [1.807, 2.05) is 62.4 Å². The molecule has 2 heteroatoms. The number of halogens is 1. The van der Waals surface area contributed by atoms with E-state index >= 15 is 0 Å². The van der Waals surface area contributed by atoms with Gasteiger partial charge in [-0.15, -0.1) is 0 Å². The Morgan fingerprint density at radius 1 is 1.00 bits per heavy atom. The third kappa shape index (κ3) is 2.59.